The lowest BCUT2D eigenvalue weighted by molar-refractivity contribution is -0.141. The first-order valence-corrected chi connectivity index (χ1v) is 9.66. The van der Waals surface area contributed by atoms with E-state index in [0.29, 0.717) is 13.0 Å². The van der Waals surface area contributed by atoms with E-state index in [1.807, 2.05) is 0 Å². The SMILES string of the molecule is Cn1cc(C(=O)NCC(=O)NC(CC2CCNC2=O)C(=O)C(=O)NC(C)(C)C)cn1. The highest BCUT2D eigenvalue weighted by atomic mass is 16.2. The number of carbonyl (C=O) groups is 5. The van der Waals surface area contributed by atoms with Crippen molar-refractivity contribution in [1.82, 2.24) is 31.0 Å². The van der Waals surface area contributed by atoms with Gasteiger partial charge in [-0.1, -0.05) is 0 Å². The number of aryl methyl sites for hydroxylation is 1. The zero-order valence-corrected chi connectivity index (χ0v) is 17.6. The summed E-state index contributed by atoms with van der Waals surface area (Å²) in [7, 11) is 1.65. The molecule has 1 aromatic heterocycles. The van der Waals surface area contributed by atoms with Gasteiger partial charge >= 0.3 is 0 Å². The van der Waals surface area contributed by atoms with Gasteiger partial charge in [0, 0.05) is 31.2 Å². The molecular weight excluding hydrogens is 392 g/mol. The van der Waals surface area contributed by atoms with Gasteiger partial charge in [0.2, 0.25) is 17.6 Å². The Hall–Kier alpha value is -3.24. The van der Waals surface area contributed by atoms with Crippen molar-refractivity contribution in [2.45, 2.75) is 45.2 Å². The molecule has 164 valence electrons. The normalized spacial score (nSPS) is 17.1. The van der Waals surface area contributed by atoms with Crippen LogP contribution in [0.3, 0.4) is 0 Å². The third-order valence-corrected chi connectivity index (χ3v) is 4.42. The van der Waals surface area contributed by atoms with Crippen LogP contribution in [0.1, 0.15) is 44.0 Å². The summed E-state index contributed by atoms with van der Waals surface area (Å²) >= 11 is 0. The second-order valence-corrected chi connectivity index (χ2v) is 8.29. The summed E-state index contributed by atoms with van der Waals surface area (Å²) in [4.78, 5) is 61.2. The van der Waals surface area contributed by atoms with Gasteiger partial charge in [0.1, 0.15) is 0 Å². The maximum absolute atomic E-state index is 12.7. The highest BCUT2D eigenvalue weighted by Gasteiger charge is 2.34. The second kappa shape index (κ2) is 9.51. The number of aromatic nitrogens is 2. The molecule has 0 bridgehead atoms. The van der Waals surface area contributed by atoms with Crippen LogP contribution in [0.4, 0.5) is 0 Å². The van der Waals surface area contributed by atoms with E-state index in [4.69, 9.17) is 0 Å². The molecule has 0 radical (unpaired) electrons. The van der Waals surface area contributed by atoms with Crippen LogP contribution >= 0.6 is 0 Å². The number of rotatable bonds is 8. The summed E-state index contributed by atoms with van der Waals surface area (Å²) in [5, 5.41) is 14.0. The average molecular weight is 420 g/mol. The van der Waals surface area contributed by atoms with Gasteiger partial charge < -0.3 is 21.3 Å². The summed E-state index contributed by atoms with van der Waals surface area (Å²) in [6.45, 7) is 5.27. The molecule has 0 aromatic carbocycles. The molecule has 4 amide bonds. The number of ketones is 1. The van der Waals surface area contributed by atoms with Crippen LogP contribution in [0, 0.1) is 5.92 Å². The first-order chi connectivity index (χ1) is 14.0. The predicted molar refractivity (Wildman–Crippen MR) is 106 cm³/mol. The van der Waals surface area contributed by atoms with Crippen molar-refractivity contribution in [2.75, 3.05) is 13.1 Å². The van der Waals surface area contributed by atoms with Crippen molar-refractivity contribution in [3.05, 3.63) is 18.0 Å². The molecule has 1 aromatic rings. The van der Waals surface area contributed by atoms with Gasteiger partial charge in [0.05, 0.1) is 24.3 Å². The number of amides is 4. The van der Waals surface area contributed by atoms with E-state index in [9.17, 15) is 24.0 Å². The van der Waals surface area contributed by atoms with Crippen molar-refractivity contribution in [2.24, 2.45) is 13.0 Å². The third kappa shape index (κ3) is 6.68. The number of Topliss-reactive ketones (excluding diaryl/α,β-unsaturated/α-hetero) is 1. The fourth-order valence-electron chi connectivity index (χ4n) is 2.99. The van der Waals surface area contributed by atoms with Gasteiger partial charge in [-0.25, -0.2) is 0 Å². The lowest BCUT2D eigenvalue weighted by Crippen LogP contribution is -2.53. The van der Waals surface area contributed by atoms with Crippen molar-refractivity contribution >= 4 is 29.4 Å². The summed E-state index contributed by atoms with van der Waals surface area (Å²) in [6, 6.07) is -1.18. The van der Waals surface area contributed by atoms with Gasteiger partial charge in [-0.15, -0.1) is 0 Å². The molecule has 0 aliphatic carbocycles. The Bertz CT molecular complexity index is 841. The Labute approximate surface area is 174 Å². The lowest BCUT2D eigenvalue weighted by atomic mass is 9.95. The Morgan fingerprint density at radius 3 is 2.53 bits per heavy atom. The lowest BCUT2D eigenvalue weighted by Gasteiger charge is -2.23. The van der Waals surface area contributed by atoms with E-state index >= 15 is 0 Å². The molecule has 2 unspecified atom stereocenters. The summed E-state index contributed by atoms with van der Waals surface area (Å²) in [5.74, 6) is -3.52. The second-order valence-electron chi connectivity index (χ2n) is 8.29. The number of hydrogen-bond acceptors (Lipinski definition) is 6. The molecule has 1 aliphatic rings. The van der Waals surface area contributed by atoms with E-state index in [1.54, 1.807) is 27.8 Å². The van der Waals surface area contributed by atoms with Gasteiger partial charge in [0.25, 0.3) is 11.8 Å². The third-order valence-electron chi connectivity index (χ3n) is 4.42. The quantitative estimate of drug-likeness (QED) is 0.382. The molecule has 2 heterocycles. The van der Waals surface area contributed by atoms with Crippen molar-refractivity contribution in [3.8, 4) is 0 Å². The molecule has 11 heteroatoms. The van der Waals surface area contributed by atoms with E-state index in [2.05, 4.69) is 26.4 Å². The Kier molecular flexibility index (Phi) is 7.30. The van der Waals surface area contributed by atoms with Gasteiger partial charge in [-0.05, 0) is 33.6 Å². The van der Waals surface area contributed by atoms with Crippen LogP contribution in [0.5, 0.6) is 0 Å². The average Bonchev–Trinajstić information content (AvgIpc) is 3.25. The number of nitrogens with one attached hydrogen (secondary N) is 4. The predicted octanol–water partition coefficient (Wildman–Crippen LogP) is -1.36. The summed E-state index contributed by atoms with van der Waals surface area (Å²) in [5.41, 5.74) is -0.353. The number of hydrogen-bond donors (Lipinski definition) is 4. The smallest absolute Gasteiger partial charge is 0.290 e. The van der Waals surface area contributed by atoms with Crippen LogP contribution in [0.25, 0.3) is 0 Å². The molecule has 2 rings (SSSR count). The molecule has 4 N–H and O–H groups in total. The van der Waals surface area contributed by atoms with Gasteiger partial charge in [0.15, 0.2) is 0 Å². The van der Waals surface area contributed by atoms with Crippen LogP contribution in [-0.4, -0.2) is 63.9 Å². The topological polar surface area (TPSA) is 151 Å². The van der Waals surface area contributed by atoms with Gasteiger partial charge in [-0.3, -0.25) is 28.7 Å². The van der Waals surface area contributed by atoms with E-state index in [-0.39, 0.29) is 17.9 Å². The van der Waals surface area contributed by atoms with Crippen LogP contribution < -0.4 is 21.3 Å². The maximum atomic E-state index is 12.7. The van der Waals surface area contributed by atoms with Gasteiger partial charge in [-0.2, -0.15) is 5.10 Å². The molecule has 1 saturated heterocycles. The maximum Gasteiger partial charge on any atom is 0.290 e. The minimum Gasteiger partial charge on any atom is -0.356 e. The molecule has 1 fully saturated rings. The molecule has 11 nitrogen and oxygen atoms in total. The van der Waals surface area contributed by atoms with E-state index in [0.717, 1.165) is 0 Å². The Balaban J connectivity index is 2.01. The molecule has 0 saturated carbocycles. The largest absolute Gasteiger partial charge is 0.356 e. The fraction of sp³-hybridized carbons (Fsp3) is 0.579. The van der Waals surface area contributed by atoms with E-state index < -0.39 is 47.5 Å². The van der Waals surface area contributed by atoms with Crippen molar-refractivity contribution in [1.29, 1.82) is 0 Å². The highest BCUT2D eigenvalue weighted by Crippen LogP contribution is 2.17. The monoisotopic (exact) mass is 420 g/mol. The minimum absolute atomic E-state index is 0.00449. The first-order valence-electron chi connectivity index (χ1n) is 9.66. The standard InChI is InChI=1S/C19H28N6O5/c1-19(2,3)24-18(30)15(27)13(7-11-5-6-20-16(11)28)23-14(26)9-21-17(29)12-8-22-25(4)10-12/h8,10-11,13H,5-7,9H2,1-4H3,(H,20,28)(H,21,29)(H,23,26)(H,24,30). The first kappa shape index (κ1) is 23.0. The molecule has 2 atom stereocenters. The van der Waals surface area contributed by atoms with Crippen LogP contribution in [0.15, 0.2) is 12.4 Å². The van der Waals surface area contributed by atoms with E-state index in [1.165, 1.54) is 17.1 Å². The number of nitrogens with zero attached hydrogens (tertiary/aromatic N) is 2. The molecular formula is C19H28N6O5. The molecule has 30 heavy (non-hydrogen) atoms. The van der Waals surface area contributed by atoms with Crippen LogP contribution in [0.2, 0.25) is 0 Å². The van der Waals surface area contributed by atoms with Crippen molar-refractivity contribution < 1.29 is 24.0 Å². The summed E-state index contributed by atoms with van der Waals surface area (Å²) in [6.07, 6.45) is 3.37. The Morgan fingerprint density at radius 1 is 1.30 bits per heavy atom. The molecule has 0 spiro atoms. The summed E-state index contributed by atoms with van der Waals surface area (Å²) < 4.78 is 1.45. The zero-order valence-electron chi connectivity index (χ0n) is 17.6. The van der Waals surface area contributed by atoms with Crippen molar-refractivity contribution in [3.63, 3.8) is 0 Å². The fourth-order valence-corrected chi connectivity index (χ4v) is 2.99. The van der Waals surface area contributed by atoms with Crippen LogP contribution in [-0.2, 0) is 26.2 Å². The minimum atomic E-state index is -1.18. The molecule has 1 aliphatic heterocycles. The number of carbonyl (C=O) groups excluding carboxylic acids is 5. The Morgan fingerprint density at radius 2 is 2.00 bits per heavy atom. The highest BCUT2D eigenvalue weighted by molar-refractivity contribution is 6.38. The zero-order chi connectivity index (χ0) is 22.5.